The van der Waals surface area contributed by atoms with Gasteiger partial charge in [0, 0.05) is 18.8 Å². The number of pyridine rings is 1. The highest BCUT2D eigenvalue weighted by Crippen LogP contribution is 2.20. The maximum atomic E-state index is 11.6. The molecule has 19 heavy (non-hydrogen) atoms. The number of hydrogen-bond acceptors (Lipinski definition) is 5. The average molecular weight is 284 g/mol. The average Bonchev–Trinajstić information content (AvgIpc) is 2.49. The smallest absolute Gasteiger partial charge is 0.339 e. The summed E-state index contributed by atoms with van der Waals surface area (Å²) in [6.07, 6.45) is 0.497. The predicted octanol–water partition coefficient (Wildman–Crippen LogP) is 0.713. The van der Waals surface area contributed by atoms with Gasteiger partial charge in [0.2, 0.25) is 0 Å². The van der Waals surface area contributed by atoms with Gasteiger partial charge in [-0.25, -0.2) is 18.2 Å². The fourth-order valence-electron chi connectivity index (χ4n) is 2.10. The summed E-state index contributed by atoms with van der Waals surface area (Å²) in [6.45, 7) is 2.58. The van der Waals surface area contributed by atoms with Gasteiger partial charge in [-0.05, 0) is 25.5 Å². The molecule has 1 fully saturated rings. The first-order valence-electron chi connectivity index (χ1n) is 6.05. The minimum Gasteiger partial charge on any atom is -0.478 e. The molecule has 2 heterocycles. The Labute approximate surface area is 112 Å². The van der Waals surface area contributed by atoms with Gasteiger partial charge in [-0.15, -0.1) is 0 Å². The molecule has 1 aliphatic heterocycles. The summed E-state index contributed by atoms with van der Waals surface area (Å²) in [5, 5.41) is 9.18. The molecule has 2 rings (SSSR count). The molecule has 0 radical (unpaired) electrons. The molecule has 1 N–H and O–H groups in total. The molecule has 1 saturated heterocycles. The lowest BCUT2D eigenvalue weighted by Gasteiger charge is -2.22. The number of sulfone groups is 1. The summed E-state index contributed by atoms with van der Waals surface area (Å²) in [5.41, 5.74) is 0.831. The van der Waals surface area contributed by atoms with Gasteiger partial charge in [0.05, 0.1) is 11.5 Å². The van der Waals surface area contributed by atoms with E-state index in [1.165, 1.54) is 6.07 Å². The Kier molecular flexibility index (Phi) is 3.75. The second-order valence-electron chi connectivity index (χ2n) is 4.62. The van der Waals surface area contributed by atoms with Crippen LogP contribution in [0.25, 0.3) is 0 Å². The molecule has 0 amide bonds. The Bertz CT molecular complexity index is 598. The molecular formula is C12H16N2O4S. The van der Waals surface area contributed by atoms with Crippen molar-refractivity contribution in [2.24, 2.45) is 0 Å². The number of rotatable bonds is 2. The van der Waals surface area contributed by atoms with Gasteiger partial charge in [-0.2, -0.15) is 0 Å². The van der Waals surface area contributed by atoms with E-state index in [-0.39, 0.29) is 17.1 Å². The molecule has 0 bridgehead atoms. The van der Waals surface area contributed by atoms with Crippen molar-refractivity contribution in [2.75, 3.05) is 29.5 Å². The van der Waals surface area contributed by atoms with Crippen LogP contribution in [0.3, 0.4) is 0 Å². The van der Waals surface area contributed by atoms with Crippen molar-refractivity contribution in [2.45, 2.75) is 13.3 Å². The van der Waals surface area contributed by atoms with Gasteiger partial charge < -0.3 is 10.0 Å². The number of hydrogen-bond donors (Lipinski definition) is 1. The SMILES string of the molecule is Cc1ccc(C(=O)O)c(N2CCCS(=O)(=O)CC2)n1. The van der Waals surface area contributed by atoms with Crippen molar-refractivity contribution in [1.82, 2.24) is 4.98 Å². The molecule has 6 nitrogen and oxygen atoms in total. The maximum absolute atomic E-state index is 11.6. The van der Waals surface area contributed by atoms with E-state index in [4.69, 9.17) is 0 Å². The van der Waals surface area contributed by atoms with Crippen LogP contribution < -0.4 is 4.90 Å². The van der Waals surface area contributed by atoms with E-state index in [0.29, 0.717) is 31.0 Å². The third-order valence-corrected chi connectivity index (χ3v) is 4.82. The third kappa shape index (κ3) is 3.23. The number of aryl methyl sites for hydroxylation is 1. The van der Waals surface area contributed by atoms with E-state index in [1.54, 1.807) is 17.9 Å². The second-order valence-corrected chi connectivity index (χ2v) is 6.93. The van der Waals surface area contributed by atoms with Crippen LogP contribution >= 0.6 is 0 Å². The van der Waals surface area contributed by atoms with Crippen molar-refractivity contribution < 1.29 is 18.3 Å². The zero-order chi connectivity index (χ0) is 14.0. The number of carbonyl (C=O) groups is 1. The Balaban J connectivity index is 2.35. The molecule has 104 valence electrons. The summed E-state index contributed by atoms with van der Waals surface area (Å²) < 4.78 is 23.1. The number of aromatic nitrogens is 1. The van der Waals surface area contributed by atoms with Crippen LogP contribution in [0, 0.1) is 6.92 Å². The van der Waals surface area contributed by atoms with Crippen LogP contribution in [0.4, 0.5) is 5.82 Å². The van der Waals surface area contributed by atoms with Crippen LogP contribution in [0.15, 0.2) is 12.1 Å². The van der Waals surface area contributed by atoms with Crippen molar-refractivity contribution in [3.63, 3.8) is 0 Å². The van der Waals surface area contributed by atoms with Crippen LogP contribution in [-0.4, -0.2) is 49.1 Å². The van der Waals surface area contributed by atoms with E-state index in [2.05, 4.69) is 4.98 Å². The van der Waals surface area contributed by atoms with Gasteiger partial charge in [0.1, 0.15) is 11.4 Å². The monoisotopic (exact) mass is 284 g/mol. The third-order valence-electron chi connectivity index (χ3n) is 3.10. The van der Waals surface area contributed by atoms with Gasteiger partial charge in [-0.3, -0.25) is 0 Å². The Morgan fingerprint density at radius 1 is 1.32 bits per heavy atom. The molecule has 1 aromatic rings. The standard InChI is InChI=1S/C12H16N2O4S/c1-9-3-4-10(12(15)16)11(13-9)14-5-2-7-19(17,18)8-6-14/h3-4H,2,5-8H2,1H3,(H,15,16). The van der Waals surface area contributed by atoms with Crippen molar-refractivity contribution in [3.8, 4) is 0 Å². The first-order valence-corrected chi connectivity index (χ1v) is 7.87. The first kappa shape index (κ1) is 13.8. The van der Waals surface area contributed by atoms with E-state index in [0.717, 1.165) is 0 Å². The van der Waals surface area contributed by atoms with Crippen LogP contribution in [-0.2, 0) is 9.84 Å². The maximum Gasteiger partial charge on any atom is 0.339 e. The molecule has 0 atom stereocenters. The zero-order valence-corrected chi connectivity index (χ0v) is 11.5. The molecular weight excluding hydrogens is 268 g/mol. The molecule has 1 aliphatic rings. The first-order chi connectivity index (χ1) is 8.89. The molecule has 0 aromatic carbocycles. The van der Waals surface area contributed by atoms with Crippen LogP contribution in [0.1, 0.15) is 22.5 Å². The number of carboxylic acid groups (broad SMARTS) is 1. The van der Waals surface area contributed by atoms with Gasteiger partial charge in [0.15, 0.2) is 9.84 Å². The highest BCUT2D eigenvalue weighted by molar-refractivity contribution is 7.91. The molecule has 0 aliphatic carbocycles. The van der Waals surface area contributed by atoms with Crippen molar-refractivity contribution in [3.05, 3.63) is 23.4 Å². The predicted molar refractivity (Wildman–Crippen MR) is 71.4 cm³/mol. The fourth-order valence-corrected chi connectivity index (χ4v) is 3.37. The normalized spacial score (nSPS) is 18.9. The van der Waals surface area contributed by atoms with Crippen molar-refractivity contribution in [1.29, 1.82) is 0 Å². The summed E-state index contributed by atoms with van der Waals surface area (Å²) in [4.78, 5) is 17.2. The number of carboxylic acids is 1. The molecule has 0 spiro atoms. The summed E-state index contributed by atoms with van der Waals surface area (Å²) in [5.74, 6) is -0.487. The highest BCUT2D eigenvalue weighted by atomic mass is 32.2. The topological polar surface area (TPSA) is 87.6 Å². The largest absolute Gasteiger partial charge is 0.478 e. The Morgan fingerprint density at radius 3 is 2.74 bits per heavy atom. The van der Waals surface area contributed by atoms with Gasteiger partial charge in [0.25, 0.3) is 0 Å². The van der Waals surface area contributed by atoms with Gasteiger partial charge >= 0.3 is 5.97 Å². The summed E-state index contributed by atoms with van der Waals surface area (Å²) in [7, 11) is -3.02. The quantitative estimate of drug-likeness (QED) is 0.860. The second kappa shape index (κ2) is 5.16. The minimum absolute atomic E-state index is 0.0433. The molecule has 7 heteroatoms. The van der Waals surface area contributed by atoms with Crippen LogP contribution in [0.5, 0.6) is 0 Å². The van der Waals surface area contributed by atoms with E-state index < -0.39 is 15.8 Å². The van der Waals surface area contributed by atoms with E-state index >= 15 is 0 Å². The minimum atomic E-state index is -3.02. The number of aromatic carboxylic acids is 1. The zero-order valence-electron chi connectivity index (χ0n) is 10.7. The van der Waals surface area contributed by atoms with Crippen LogP contribution in [0.2, 0.25) is 0 Å². The lowest BCUT2D eigenvalue weighted by atomic mass is 10.2. The summed E-state index contributed by atoms with van der Waals surface area (Å²) >= 11 is 0. The fraction of sp³-hybridized carbons (Fsp3) is 0.500. The Hall–Kier alpha value is -1.63. The Morgan fingerprint density at radius 2 is 2.05 bits per heavy atom. The molecule has 0 unspecified atom stereocenters. The highest BCUT2D eigenvalue weighted by Gasteiger charge is 2.23. The van der Waals surface area contributed by atoms with E-state index in [1.807, 2.05) is 0 Å². The lowest BCUT2D eigenvalue weighted by molar-refractivity contribution is 0.0697. The molecule has 0 saturated carbocycles. The number of nitrogens with zero attached hydrogens (tertiary/aromatic N) is 2. The van der Waals surface area contributed by atoms with Gasteiger partial charge in [-0.1, -0.05) is 0 Å². The number of anilines is 1. The van der Waals surface area contributed by atoms with Crippen molar-refractivity contribution >= 4 is 21.6 Å². The van der Waals surface area contributed by atoms with E-state index in [9.17, 15) is 18.3 Å². The lowest BCUT2D eigenvalue weighted by Crippen LogP contribution is -2.29. The molecule has 1 aromatic heterocycles. The summed E-state index contributed by atoms with van der Waals surface area (Å²) in [6, 6.07) is 3.15.